The van der Waals surface area contributed by atoms with Crippen LogP contribution in [0.3, 0.4) is 0 Å². The predicted molar refractivity (Wildman–Crippen MR) is 108 cm³/mol. The molecular weight excluding hydrogens is 386 g/mol. The van der Waals surface area contributed by atoms with Crippen molar-refractivity contribution in [3.63, 3.8) is 0 Å². The molecule has 27 heavy (non-hydrogen) atoms. The third kappa shape index (κ3) is 4.21. The summed E-state index contributed by atoms with van der Waals surface area (Å²) in [5.41, 5.74) is 1.70. The maximum Gasteiger partial charge on any atom is 0.270 e. The van der Waals surface area contributed by atoms with Crippen LogP contribution >= 0.6 is 23.8 Å². The highest BCUT2D eigenvalue weighted by molar-refractivity contribution is 7.80. The van der Waals surface area contributed by atoms with Gasteiger partial charge in [-0.25, -0.2) is 0 Å². The Balaban J connectivity index is 1.91. The Hall–Kier alpha value is -3.03. The van der Waals surface area contributed by atoms with Gasteiger partial charge in [-0.2, -0.15) is 0 Å². The molecule has 6 nitrogen and oxygen atoms in total. The molecule has 0 radical (unpaired) electrons. The third-order valence-corrected chi connectivity index (χ3v) is 4.27. The van der Waals surface area contributed by atoms with Crippen molar-refractivity contribution in [1.29, 1.82) is 0 Å². The van der Waals surface area contributed by atoms with Gasteiger partial charge in [-0.1, -0.05) is 23.7 Å². The minimum absolute atomic E-state index is 0.00507. The molecule has 2 aromatic rings. The second-order valence-electron chi connectivity index (χ2n) is 5.74. The molecule has 1 fully saturated rings. The Morgan fingerprint density at radius 1 is 1.11 bits per heavy atom. The van der Waals surface area contributed by atoms with Crippen molar-refractivity contribution in [1.82, 2.24) is 5.32 Å². The largest absolute Gasteiger partial charge is 0.326 e. The monoisotopic (exact) mass is 399 g/mol. The summed E-state index contributed by atoms with van der Waals surface area (Å²) in [4.78, 5) is 37.5. The standard InChI is InChI=1S/C19H14ClN3O3S/c1-11(24)21-14-6-2-12(3-7-14)10-16-17(25)22-19(27)23(18(16)26)15-8-4-13(20)5-9-15/h2-10H,1H3,(H,21,24)(H,22,25,27)/b16-10-. The van der Waals surface area contributed by atoms with Gasteiger partial charge in [-0.15, -0.1) is 0 Å². The van der Waals surface area contributed by atoms with Crippen LogP contribution in [0.25, 0.3) is 6.08 Å². The number of rotatable bonds is 3. The Morgan fingerprint density at radius 2 is 1.74 bits per heavy atom. The van der Waals surface area contributed by atoms with Gasteiger partial charge in [0, 0.05) is 17.6 Å². The summed E-state index contributed by atoms with van der Waals surface area (Å²) >= 11 is 11.0. The van der Waals surface area contributed by atoms with Gasteiger partial charge in [0.1, 0.15) is 5.57 Å². The van der Waals surface area contributed by atoms with E-state index in [-0.39, 0.29) is 16.6 Å². The Morgan fingerprint density at radius 3 is 2.33 bits per heavy atom. The molecule has 1 aliphatic heterocycles. The molecule has 0 saturated carbocycles. The fourth-order valence-corrected chi connectivity index (χ4v) is 2.92. The molecule has 1 heterocycles. The Kier molecular flexibility index (Phi) is 5.34. The first-order valence-electron chi connectivity index (χ1n) is 7.90. The van der Waals surface area contributed by atoms with Crippen LogP contribution in [0.1, 0.15) is 12.5 Å². The number of carbonyl (C=O) groups excluding carboxylic acids is 3. The van der Waals surface area contributed by atoms with Crippen LogP contribution in [-0.2, 0) is 14.4 Å². The maximum atomic E-state index is 12.9. The van der Waals surface area contributed by atoms with E-state index in [1.807, 2.05) is 0 Å². The van der Waals surface area contributed by atoms with Gasteiger partial charge in [0.05, 0.1) is 5.69 Å². The SMILES string of the molecule is CC(=O)Nc1ccc(/C=C2/C(=O)NC(=S)N(c3ccc(Cl)cc3)C2=O)cc1. The van der Waals surface area contributed by atoms with Crippen LogP contribution in [0, 0.1) is 0 Å². The molecule has 1 aliphatic rings. The van der Waals surface area contributed by atoms with Crippen LogP contribution in [0.2, 0.25) is 5.02 Å². The number of anilines is 2. The van der Waals surface area contributed by atoms with Crippen molar-refractivity contribution in [2.75, 3.05) is 10.2 Å². The number of hydrogen-bond acceptors (Lipinski definition) is 4. The van der Waals surface area contributed by atoms with Crippen molar-refractivity contribution >= 4 is 64.1 Å². The van der Waals surface area contributed by atoms with Crippen LogP contribution < -0.4 is 15.5 Å². The van der Waals surface area contributed by atoms with Crippen molar-refractivity contribution in [2.45, 2.75) is 6.92 Å². The van der Waals surface area contributed by atoms with Crippen molar-refractivity contribution in [3.05, 3.63) is 64.7 Å². The van der Waals surface area contributed by atoms with Crippen LogP contribution in [0.4, 0.5) is 11.4 Å². The molecule has 2 aromatic carbocycles. The highest BCUT2D eigenvalue weighted by Gasteiger charge is 2.34. The van der Waals surface area contributed by atoms with Gasteiger partial charge in [-0.3, -0.25) is 24.6 Å². The molecule has 8 heteroatoms. The number of nitrogens with zero attached hydrogens (tertiary/aromatic N) is 1. The van der Waals surface area contributed by atoms with Gasteiger partial charge in [-0.05, 0) is 60.3 Å². The van der Waals surface area contributed by atoms with E-state index < -0.39 is 11.8 Å². The van der Waals surface area contributed by atoms with E-state index in [9.17, 15) is 14.4 Å². The van der Waals surface area contributed by atoms with Gasteiger partial charge < -0.3 is 5.32 Å². The lowest BCUT2D eigenvalue weighted by molar-refractivity contribution is -0.122. The smallest absolute Gasteiger partial charge is 0.270 e. The highest BCUT2D eigenvalue weighted by Crippen LogP contribution is 2.24. The van der Waals surface area contributed by atoms with Crippen LogP contribution in [0.15, 0.2) is 54.1 Å². The molecule has 2 N–H and O–H groups in total. The number of hydrogen-bond donors (Lipinski definition) is 2. The molecule has 0 aliphatic carbocycles. The Labute approximate surface area is 165 Å². The topological polar surface area (TPSA) is 78.5 Å². The van der Waals surface area contributed by atoms with E-state index in [0.717, 1.165) is 0 Å². The summed E-state index contributed by atoms with van der Waals surface area (Å²) < 4.78 is 0. The normalized spacial score (nSPS) is 15.7. The number of benzene rings is 2. The summed E-state index contributed by atoms with van der Waals surface area (Å²) in [7, 11) is 0. The summed E-state index contributed by atoms with van der Waals surface area (Å²) in [6.07, 6.45) is 1.47. The van der Waals surface area contributed by atoms with Crippen molar-refractivity contribution in [2.24, 2.45) is 0 Å². The number of nitrogens with one attached hydrogen (secondary N) is 2. The van der Waals surface area contributed by atoms with Crippen LogP contribution in [-0.4, -0.2) is 22.8 Å². The summed E-state index contributed by atoms with van der Waals surface area (Å²) in [6, 6.07) is 13.3. The first-order valence-corrected chi connectivity index (χ1v) is 8.68. The second-order valence-corrected chi connectivity index (χ2v) is 6.56. The van der Waals surface area contributed by atoms with Gasteiger partial charge in [0.25, 0.3) is 11.8 Å². The van der Waals surface area contributed by atoms with E-state index in [1.165, 1.54) is 17.9 Å². The number of halogens is 1. The lowest BCUT2D eigenvalue weighted by Gasteiger charge is -2.28. The summed E-state index contributed by atoms with van der Waals surface area (Å²) in [5, 5.41) is 5.70. The predicted octanol–water partition coefficient (Wildman–Crippen LogP) is 3.13. The number of carbonyl (C=O) groups is 3. The molecule has 0 atom stereocenters. The van der Waals surface area contributed by atoms with E-state index >= 15 is 0 Å². The molecule has 0 aromatic heterocycles. The zero-order valence-corrected chi connectivity index (χ0v) is 15.7. The van der Waals surface area contributed by atoms with Crippen molar-refractivity contribution in [3.8, 4) is 0 Å². The fraction of sp³-hybridized carbons (Fsp3) is 0.0526. The molecule has 1 saturated heterocycles. The lowest BCUT2D eigenvalue weighted by Crippen LogP contribution is -2.54. The highest BCUT2D eigenvalue weighted by atomic mass is 35.5. The van der Waals surface area contributed by atoms with E-state index in [4.69, 9.17) is 23.8 Å². The van der Waals surface area contributed by atoms with Gasteiger partial charge >= 0.3 is 0 Å². The first kappa shape index (κ1) is 18.8. The average Bonchev–Trinajstić information content (AvgIpc) is 2.61. The Bertz CT molecular complexity index is 969. The second kappa shape index (κ2) is 7.69. The molecule has 0 spiro atoms. The molecule has 136 valence electrons. The van der Waals surface area contributed by atoms with Gasteiger partial charge in [0.2, 0.25) is 5.91 Å². The number of thiocarbonyl (C=S) groups is 1. The summed E-state index contributed by atoms with van der Waals surface area (Å²) in [6.45, 7) is 1.41. The first-order chi connectivity index (χ1) is 12.8. The lowest BCUT2D eigenvalue weighted by atomic mass is 10.1. The minimum Gasteiger partial charge on any atom is -0.326 e. The van der Waals surface area contributed by atoms with E-state index in [0.29, 0.717) is 22.0 Å². The maximum absolute atomic E-state index is 12.9. The number of amides is 3. The zero-order chi connectivity index (χ0) is 19.6. The fourth-order valence-electron chi connectivity index (χ4n) is 2.51. The molecular formula is C19H14ClN3O3S. The molecule has 3 amide bonds. The quantitative estimate of drug-likeness (QED) is 0.472. The summed E-state index contributed by atoms with van der Waals surface area (Å²) in [5.74, 6) is -1.28. The van der Waals surface area contributed by atoms with E-state index in [1.54, 1.807) is 48.5 Å². The molecule has 3 rings (SSSR count). The minimum atomic E-state index is -0.568. The van der Waals surface area contributed by atoms with Crippen molar-refractivity contribution < 1.29 is 14.4 Å². The third-order valence-electron chi connectivity index (χ3n) is 3.73. The van der Waals surface area contributed by atoms with Gasteiger partial charge in [0.15, 0.2) is 5.11 Å². The van der Waals surface area contributed by atoms with E-state index in [2.05, 4.69) is 10.6 Å². The molecule has 0 bridgehead atoms. The molecule has 0 unspecified atom stereocenters. The zero-order valence-electron chi connectivity index (χ0n) is 14.2. The average molecular weight is 400 g/mol. The van der Waals surface area contributed by atoms with Crippen LogP contribution in [0.5, 0.6) is 0 Å².